The highest BCUT2D eigenvalue weighted by Gasteiger charge is 2.56. The fraction of sp³-hybridized carbons (Fsp3) is 0.588. The molecule has 0 radical (unpaired) electrons. The van der Waals surface area contributed by atoms with Crippen LogP contribution >= 0.6 is 0 Å². The summed E-state index contributed by atoms with van der Waals surface area (Å²) in [6.07, 6.45) is -3.34. The van der Waals surface area contributed by atoms with Gasteiger partial charge in [0.25, 0.3) is 0 Å². The minimum absolute atomic E-state index is 0.0470. The zero-order valence-corrected chi connectivity index (χ0v) is 15.1. The average Bonchev–Trinajstić information content (AvgIpc) is 2.56. The van der Waals surface area contributed by atoms with Crippen molar-refractivity contribution in [1.29, 1.82) is 0 Å². The van der Waals surface area contributed by atoms with E-state index in [1.807, 2.05) is 18.9 Å². The van der Waals surface area contributed by atoms with Crippen LogP contribution in [0, 0.1) is 6.92 Å². The van der Waals surface area contributed by atoms with E-state index in [2.05, 4.69) is 4.99 Å². The van der Waals surface area contributed by atoms with Gasteiger partial charge in [0.2, 0.25) is 5.60 Å². The van der Waals surface area contributed by atoms with Gasteiger partial charge in [0, 0.05) is 31.8 Å². The molecule has 25 heavy (non-hydrogen) atoms. The van der Waals surface area contributed by atoms with Crippen LogP contribution in [0.3, 0.4) is 0 Å². The number of aliphatic hydroxyl groups is 1. The summed E-state index contributed by atoms with van der Waals surface area (Å²) in [5, 5.41) is 10.4. The number of hydrogen-bond acceptors (Lipinski definition) is 4. The van der Waals surface area contributed by atoms with E-state index < -0.39 is 23.9 Å². The molecule has 8 heteroatoms. The lowest BCUT2D eigenvalue weighted by Gasteiger charge is -2.32. The van der Waals surface area contributed by atoms with Crippen molar-refractivity contribution in [2.45, 2.75) is 32.5 Å². The number of rotatable bonds is 8. The molecule has 1 aromatic rings. The number of ether oxygens (including phenoxy) is 2. The Hall–Kier alpha value is -1.80. The first kappa shape index (κ1) is 21.2. The Morgan fingerprint density at radius 3 is 2.40 bits per heavy atom. The van der Waals surface area contributed by atoms with Crippen LogP contribution in [0.15, 0.2) is 17.1 Å². The number of aryl methyl sites for hydroxylation is 1. The summed E-state index contributed by atoms with van der Waals surface area (Å²) in [4.78, 5) is 6.08. The first-order chi connectivity index (χ1) is 11.6. The van der Waals surface area contributed by atoms with Gasteiger partial charge in [0.05, 0.1) is 25.7 Å². The summed E-state index contributed by atoms with van der Waals surface area (Å²) in [6.45, 7) is 5.00. The molecule has 0 aliphatic heterocycles. The normalized spacial score (nSPS) is 14.6. The quantitative estimate of drug-likeness (QED) is 0.569. The number of halogens is 3. The van der Waals surface area contributed by atoms with Crippen molar-refractivity contribution in [2.24, 2.45) is 4.99 Å². The lowest BCUT2D eigenvalue weighted by molar-refractivity contribution is -0.282. The second-order valence-corrected chi connectivity index (χ2v) is 5.65. The minimum Gasteiger partial charge on any atom is -0.496 e. The van der Waals surface area contributed by atoms with Crippen molar-refractivity contribution >= 4 is 12.0 Å². The van der Waals surface area contributed by atoms with E-state index in [4.69, 9.17) is 9.47 Å². The third-order valence-electron chi connectivity index (χ3n) is 3.84. The lowest BCUT2D eigenvalue weighted by Crippen LogP contribution is -2.46. The largest absolute Gasteiger partial charge is 0.496 e. The number of benzene rings is 1. The molecule has 1 unspecified atom stereocenters. The maximum Gasteiger partial charge on any atom is 0.423 e. The maximum atomic E-state index is 13.5. The molecule has 0 aliphatic carbocycles. The number of alkyl halides is 3. The molecule has 1 atom stereocenters. The van der Waals surface area contributed by atoms with Crippen molar-refractivity contribution in [3.05, 3.63) is 23.3 Å². The average molecular weight is 362 g/mol. The Morgan fingerprint density at radius 1 is 1.28 bits per heavy atom. The van der Waals surface area contributed by atoms with Crippen molar-refractivity contribution < 1.29 is 27.8 Å². The third-order valence-corrected chi connectivity index (χ3v) is 3.84. The summed E-state index contributed by atoms with van der Waals surface area (Å²) >= 11 is 0. The highest BCUT2D eigenvalue weighted by atomic mass is 19.4. The van der Waals surface area contributed by atoms with Crippen LogP contribution in [0.4, 0.5) is 18.9 Å². The number of aliphatic imine (C=N–C) groups is 1. The molecular formula is C17H25F3N2O3. The molecule has 1 aromatic carbocycles. The zero-order valence-electron chi connectivity index (χ0n) is 15.1. The van der Waals surface area contributed by atoms with Gasteiger partial charge < -0.3 is 19.5 Å². The number of hydrogen-bond donors (Lipinski definition) is 1. The predicted molar refractivity (Wildman–Crippen MR) is 90.6 cm³/mol. The second kappa shape index (κ2) is 8.53. The number of nitrogens with zero attached hydrogens (tertiary/aromatic N) is 2. The molecule has 1 rings (SSSR count). The van der Waals surface area contributed by atoms with Gasteiger partial charge in [-0.15, -0.1) is 0 Å². The Morgan fingerprint density at radius 2 is 1.92 bits per heavy atom. The van der Waals surface area contributed by atoms with Crippen molar-refractivity contribution in [3.63, 3.8) is 0 Å². The molecule has 0 heterocycles. The van der Waals surface area contributed by atoms with E-state index in [0.29, 0.717) is 11.3 Å². The van der Waals surface area contributed by atoms with E-state index >= 15 is 0 Å². The number of methoxy groups -OCH3 is 1. The molecule has 0 bridgehead atoms. The monoisotopic (exact) mass is 362 g/mol. The molecule has 0 saturated carbocycles. The summed E-state index contributed by atoms with van der Waals surface area (Å²) in [6, 6.07) is 2.62. The van der Waals surface area contributed by atoms with Gasteiger partial charge in [-0.1, -0.05) is 0 Å². The van der Waals surface area contributed by atoms with Crippen LogP contribution in [-0.2, 0) is 10.3 Å². The van der Waals surface area contributed by atoms with Gasteiger partial charge in [-0.2, -0.15) is 13.2 Å². The fourth-order valence-electron chi connectivity index (χ4n) is 2.11. The molecular weight excluding hydrogens is 337 g/mol. The van der Waals surface area contributed by atoms with Gasteiger partial charge in [-0.05, 0) is 32.4 Å². The van der Waals surface area contributed by atoms with Crippen LogP contribution < -0.4 is 4.74 Å². The van der Waals surface area contributed by atoms with Crippen molar-refractivity contribution in [2.75, 3.05) is 33.9 Å². The molecule has 0 amide bonds. The zero-order chi connectivity index (χ0) is 19.3. The highest BCUT2D eigenvalue weighted by Crippen LogP contribution is 2.44. The fourth-order valence-corrected chi connectivity index (χ4v) is 2.11. The van der Waals surface area contributed by atoms with E-state index in [1.165, 1.54) is 19.2 Å². The lowest BCUT2D eigenvalue weighted by atomic mass is 9.91. The summed E-state index contributed by atoms with van der Waals surface area (Å²) in [5.41, 5.74) is -2.62. The topological polar surface area (TPSA) is 54.3 Å². The minimum atomic E-state index is -4.92. The molecule has 0 aliphatic rings. The van der Waals surface area contributed by atoms with Gasteiger partial charge in [-0.25, -0.2) is 4.99 Å². The molecule has 0 aromatic heterocycles. The Balaban J connectivity index is 3.43. The standard InChI is InChI=1S/C17H25F3N2O3/c1-6-22(4)11-21-14-9-15(24-5)13(8-12(14)3)16(23,10-25-7-2)17(18,19)20/h8-9,11,23H,6-7,10H2,1-5H3/b21-11-. The molecule has 0 saturated heterocycles. The van der Waals surface area contributed by atoms with Crippen LogP contribution in [0.1, 0.15) is 25.0 Å². The van der Waals surface area contributed by atoms with Crippen molar-refractivity contribution in [1.82, 2.24) is 4.90 Å². The van der Waals surface area contributed by atoms with Crippen LogP contribution in [-0.4, -0.2) is 56.4 Å². The van der Waals surface area contributed by atoms with E-state index in [-0.39, 0.29) is 12.4 Å². The SMILES string of the molecule is CCOCC(O)(c1cc(C)c(/N=C\N(C)CC)cc1OC)C(F)(F)F. The summed E-state index contributed by atoms with van der Waals surface area (Å²) in [7, 11) is 3.08. The maximum absolute atomic E-state index is 13.5. The van der Waals surface area contributed by atoms with E-state index in [1.54, 1.807) is 20.2 Å². The van der Waals surface area contributed by atoms with E-state index in [0.717, 1.165) is 6.54 Å². The summed E-state index contributed by atoms with van der Waals surface area (Å²) < 4.78 is 50.6. The van der Waals surface area contributed by atoms with Gasteiger partial charge in [-0.3, -0.25) is 0 Å². The van der Waals surface area contributed by atoms with Gasteiger partial charge in [0.15, 0.2) is 0 Å². The van der Waals surface area contributed by atoms with Crippen molar-refractivity contribution in [3.8, 4) is 5.75 Å². The molecule has 142 valence electrons. The molecule has 5 nitrogen and oxygen atoms in total. The van der Waals surface area contributed by atoms with Crippen LogP contribution in [0.2, 0.25) is 0 Å². The Labute approximate surface area is 146 Å². The predicted octanol–water partition coefficient (Wildman–Crippen LogP) is 3.40. The van der Waals surface area contributed by atoms with Gasteiger partial charge in [0.1, 0.15) is 5.75 Å². The highest BCUT2D eigenvalue weighted by molar-refractivity contribution is 5.65. The van der Waals surface area contributed by atoms with Gasteiger partial charge >= 0.3 is 6.18 Å². The Kier molecular flexibility index (Phi) is 7.25. The molecule has 0 fully saturated rings. The van der Waals surface area contributed by atoms with E-state index in [9.17, 15) is 18.3 Å². The molecule has 1 N–H and O–H groups in total. The smallest absolute Gasteiger partial charge is 0.423 e. The second-order valence-electron chi connectivity index (χ2n) is 5.65. The van der Waals surface area contributed by atoms with Crippen LogP contribution in [0.25, 0.3) is 0 Å². The van der Waals surface area contributed by atoms with Crippen LogP contribution in [0.5, 0.6) is 5.75 Å². The third kappa shape index (κ3) is 4.85. The Bertz CT molecular complexity index is 606. The first-order valence-corrected chi connectivity index (χ1v) is 7.91. The first-order valence-electron chi connectivity index (χ1n) is 7.91. The molecule has 0 spiro atoms. The summed E-state index contributed by atoms with van der Waals surface area (Å²) in [5.74, 6) is -0.101.